The fourth-order valence-electron chi connectivity index (χ4n) is 2.92. The Morgan fingerprint density at radius 2 is 2.09 bits per heavy atom. The highest BCUT2D eigenvalue weighted by Gasteiger charge is 2.48. The van der Waals surface area contributed by atoms with Crippen molar-refractivity contribution in [2.75, 3.05) is 0 Å². The highest BCUT2D eigenvalue weighted by molar-refractivity contribution is 9.10. The number of hydrogen-bond donors (Lipinski definition) is 0. The van der Waals surface area contributed by atoms with Crippen LogP contribution in [0.5, 0.6) is 0 Å². The van der Waals surface area contributed by atoms with Crippen LogP contribution in [0.3, 0.4) is 0 Å². The zero-order valence-electron chi connectivity index (χ0n) is 12.5. The minimum atomic E-state index is -1.20. The van der Waals surface area contributed by atoms with Gasteiger partial charge in [0.1, 0.15) is 0 Å². The molecule has 0 N–H and O–H groups in total. The van der Waals surface area contributed by atoms with Gasteiger partial charge in [0, 0.05) is 10.4 Å². The number of nitrogens with zero attached hydrogens (tertiary/aromatic N) is 1. The molecule has 3 nitrogen and oxygen atoms in total. The number of hydrogen-bond acceptors (Lipinski definition) is 4. The molecule has 1 aliphatic carbocycles. The Kier molecular flexibility index (Phi) is 4.47. The van der Waals surface area contributed by atoms with Gasteiger partial charge in [-0.25, -0.2) is 0 Å². The van der Waals surface area contributed by atoms with Gasteiger partial charge in [-0.15, -0.1) is 11.3 Å². The number of thiophene rings is 1. The molecule has 0 saturated heterocycles. The molecule has 3 atom stereocenters. The number of Topliss-reactive ketones (excluding diaryl/α,β-unsaturated/α-hetero) is 2. The van der Waals surface area contributed by atoms with Crippen LogP contribution in [0.1, 0.15) is 33.1 Å². The number of carbonyl (C=O) groups is 2. The molecule has 23 heavy (non-hydrogen) atoms. The van der Waals surface area contributed by atoms with Crippen LogP contribution < -0.4 is 0 Å². The Labute approximate surface area is 147 Å². The molecule has 3 rings (SSSR count). The summed E-state index contributed by atoms with van der Waals surface area (Å²) in [6, 6.07) is 11.6. The first-order valence-corrected chi connectivity index (χ1v) is 8.98. The largest absolute Gasteiger partial charge is 0.297 e. The van der Waals surface area contributed by atoms with Gasteiger partial charge < -0.3 is 0 Å². The highest BCUT2D eigenvalue weighted by Crippen LogP contribution is 2.50. The second-order valence-corrected chi connectivity index (χ2v) is 7.50. The zero-order valence-corrected chi connectivity index (χ0v) is 14.9. The quantitative estimate of drug-likeness (QED) is 0.559. The van der Waals surface area contributed by atoms with Crippen molar-refractivity contribution < 1.29 is 9.59 Å². The van der Waals surface area contributed by atoms with E-state index in [2.05, 4.69) is 15.9 Å². The third-order valence-electron chi connectivity index (χ3n) is 4.26. The maximum Gasteiger partial charge on any atom is 0.198 e. The standard InChI is InChI=1S/C18H14BrNO2S/c1-10-4-2-3-5-11(10)12-8-13(12)16(21)14(9-20)17(22)18-15(19)6-7-23-18/h2-7,12-14H,8H2,1H3/t12-,13+,14?/m0/s1. The molecule has 0 spiro atoms. The van der Waals surface area contributed by atoms with Crippen LogP contribution in [-0.4, -0.2) is 11.6 Å². The van der Waals surface area contributed by atoms with Crippen molar-refractivity contribution >= 4 is 38.8 Å². The topological polar surface area (TPSA) is 57.9 Å². The molecular formula is C18H14BrNO2S. The zero-order chi connectivity index (χ0) is 16.6. The molecule has 0 radical (unpaired) electrons. The van der Waals surface area contributed by atoms with Crippen molar-refractivity contribution in [2.24, 2.45) is 11.8 Å². The van der Waals surface area contributed by atoms with E-state index in [4.69, 9.17) is 0 Å². The van der Waals surface area contributed by atoms with Gasteiger partial charge in [0.05, 0.1) is 10.9 Å². The SMILES string of the molecule is Cc1ccccc1[C@@H]1C[C@H]1C(=O)C(C#N)C(=O)c1sccc1Br. The fourth-order valence-corrected chi connectivity index (χ4v) is 4.46. The number of benzene rings is 1. The Bertz CT molecular complexity index is 820. The minimum absolute atomic E-state index is 0.138. The molecule has 1 aliphatic rings. The molecule has 2 aromatic rings. The first-order valence-electron chi connectivity index (χ1n) is 7.30. The molecule has 5 heteroatoms. The maximum atomic E-state index is 12.6. The van der Waals surface area contributed by atoms with E-state index in [-0.39, 0.29) is 17.6 Å². The lowest BCUT2D eigenvalue weighted by molar-refractivity contribution is -0.121. The summed E-state index contributed by atoms with van der Waals surface area (Å²) in [4.78, 5) is 25.5. The van der Waals surface area contributed by atoms with Crippen LogP contribution in [-0.2, 0) is 4.79 Å². The van der Waals surface area contributed by atoms with Crippen LogP contribution in [0.4, 0.5) is 0 Å². The summed E-state index contributed by atoms with van der Waals surface area (Å²) in [5, 5.41) is 11.1. The molecule has 0 bridgehead atoms. The number of nitriles is 1. The molecular weight excluding hydrogens is 374 g/mol. The smallest absolute Gasteiger partial charge is 0.198 e. The molecule has 1 fully saturated rings. The van der Waals surface area contributed by atoms with Gasteiger partial charge in [0.25, 0.3) is 0 Å². The van der Waals surface area contributed by atoms with Gasteiger partial charge in [0.2, 0.25) is 0 Å². The van der Waals surface area contributed by atoms with E-state index in [9.17, 15) is 14.9 Å². The first kappa shape index (κ1) is 16.1. The van der Waals surface area contributed by atoms with Crippen molar-refractivity contribution in [2.45, 2.75) is 19.3 Å². The van der Waals surface area contributed by atoms with Crippen LogP contribution >= 0.6 is 27.3 Å². The lowest BCUT2D eigenvalue weighted by atomic mass is 9.93. The fraction of sp³-hybridized carbons (Fsp3) is 0.278. The van der Waals surface area contributed by atoms with E-state index in [1.165, 1.54) is 11.3 Å². The van der Waals surface area contributed by atoms with E-state index >= 15 is 0 Å². The molecule has 1 aromatic heterocycles. The van der Waals surface area contributed by atoms with Gasteiger partial charge in [-0.05, 0) is 57.8 Å². The lowest BCUT2D eigenvalue weighted by Crippen LogP contribution is -2.24. The number of aryl methyl sites for hydroxylation is 1. The molecule has 116 valence electrons. The summed E-state index contributed by atoms with van der Waals surface area (Å²) in [6.07, 6.45) is 0.723. The number of carbonyl (C=O) groups excluding carboxylic acids is 2. The van der Waals surface area contributed by atoms with E-state index in [1.54, 1.807) is 11.4 Å². The lowest BCUT2D eigenvalue weighted by Gasteiger charge is -2.08. The van der Waals surface area contributed by atoms with Crippen LogP contribution in [0, 0.1) is 30.1 Å². The maximum absolute atomic E-state index is 12.6. The molecule has 1 unspecified atom stereocenters. The summed E-state index contributed by atoms with van der Waals surface area (Å²) in [5.74, 6) is -1.92. The van der Waals surface area contributed by atoms with Crippen molar-refractivity contribution in [3.8, 4) is 6.07 Å². The van der Waals surface area contributed by atoms with Crippen molar-refractivity contribution in [3.63, 3.8) is 0 Å². The molecule has 1 saturated carbocycles. The van der Waals surface area contributed by atoms with E-state index < -0.39 is 11.7 Å². The van der Waals surface area contributed by atoms with E-state index in [0.29, 0.717) is 9.35 Å². The first-order chi connectivity index (χ1) is 11.0. The van der Waals surface area contributed by atoms with Crippen LogP contribution in [0.2, 0.25) is 0 Å². The van der Waals surface area contributed by atoms with Crippen molar-refractivity contribution in [1.29, 1.82) is 5.26 Å². The normalized spacial score (nSPS) is 20.6. The predicted molar refractivity (Wildman–Crippen MR) is 92.5 cm³/mol. The second-order valence-electron chi connectivity index (χ2n) is 5.73. The number of ketones is 2. The summed E-state index contributed by atoms with van der Waals surface area (Å²) in [6.45, 7) is 2.02. The Morgan fingerprint density at radius 1 is 1.35 bits per heavy atom. The summed E-state index contributed by atoms with van der Waals surface area (Å²) in [7, 11) is 0. The number of rotatable bonds is 5. The van der Waals surface area contributed by atoms with Crippen molar-refractivity contribution in [1.82, 2.24) is 0 Å². The Morgan fingerprint density at radius 3 is 2.70 bits per heavy atom. The third kappa shape index (κ3) is 3.01. The predicted octanol–water partition coefficient (Wildman–Crippen LogP) is 4.51. The average molecular weight is 388 g/mol. The summed E-state index contributed by atoms with van der Waals surface area (Å²) in [5.41, 5.74) is 2.29. The van der Waals surface area contributed by atoms with Crippen LogP contribution in [0.25, 0.3) is 0 Å². The van der Waals surface area contributed by atoms with Gasteiger partial charge in [-0.2, -0.15) is 5.26 Å². The number of halogens is 1. The van der Waals surface area contributed by atoms with Gasteiger partial charge in [-0.1, -0.05) is 24.3 Å². The molecule has 0 aliphatic heterocycles. The van der Waals surface area contributed by atoms with Crippen LogP contribution in [0.15, 0.2) is 40.2 Å². The Hall–Kier alpha value is -1.77. The van der Waals surface area contributed by atoms with Crippen molar-refractivity contribution in [3.05, 3.63) is 56.2 Å². The second kappa shape index (κ2) is 6.38. The molecule has 0 amide bonds. The van der Waals surface area contributed by atoms with Gasteiger partial charge in [-0.3, -0.25) is 9.59 Å². The van der Waals surface area contributed by atoms with E-state index in [1.807, 2.05) is 37.3 Å². The highest BCUT2D eigenvalue weighted by atomic mass is 79.9. The summed E-state index contributed by atoms with van der Waals surface area (Å²) < 4.78 is 0.645. The monoisotopic (exact) mass is 387 g/mol. The van der Waals surface area contributed by atoms with E-state index in [0.717, 1.165) is 17.5 Å². The van der Waals surface area contributed by atoms with Gasteiger partial charge >= 0.3 is 0 Å². The minimum Gasteiger partial charge on any atom is -0.297 e. The Balaban J connectivity index is 1.78. The third-order valence-corrected chi connectivity index (χ3v) is 6.11. The summed E-state index contributed by atoms with van der Waals surface area (Å²) >= 11 is 4.54. The average Bonchev–Trinajstić information content (AvgIpc) is 3.22. The van der Waals surface area contributed by atoms with Gasteiger partial charge in [0.15, 0.2) is 17.5 Å². The molecule has 1 heterocycles. The molecule has 1 aromatic carbocycles.